The van der Waals surface area contributed by atoms with Gasteiger partial charge in [-0.05, 0) is 19.3 Å². The van der Waals surface area contributed by atoms with Crippen molar-refractivity contribution < 1.29 is 9.94 Å². The Bertz CT molecular complexity index is 181. The Hall–Kier alpha value is -0.770. The highest BCUT2D eigenvalue weighted by molar-refractivity contribution is 5.81. The number of ether oxygens (including phenoxy) is 1. The van der Waals surface area contributed by atoms with E-state index >= 15 is 0 Å². The lowest BCUT2D eigenvalue weighted by atomic mass is 10.1. The largest absolute Gasteiger partial charge is 0.409 e. The van der Waals surface area contributed by atoms with Crippen molar-refractivity contribution in [2.45, 2.75) is 40.2 Å². The van der Waals surface area contributed by atoms with E-state index in [-0.39, 0.29) is 17.9 Å². The number of hydrogen-bond donors (Lipinski definition) is 2. The normalized spacial score (nSPS) is 17.1. The van der Waals surface area contributed by atoms with E-state index in [1.165, 1.54) is 0 Å². The number of nitrogens with two attached hydrogens (primary N) is 1. The van der Waals surface area contributed by atoms with Crippen LogP contribution >= 0.6 is 0 Å². The number of nitrogens with zero attached hydrogens (tertiary/aromatic N) is 1. The van der Waals surface area contributed by atoms with Gasteiger partial charge in [0.1, 0.15) is 5.84 Å². The highest BCUT2D eigenvalue weighted by Crippen LogP contribution is 2.09. The maximum atomic E-state index is 8.42. The second-order valence-corrected chi connectivity index (χ2v) is 4.20. The van der Waals surface area contributed by atoms with Crippen LogP contribution in [-0.4, -0.2) is 23.8 Å². The molecule has 0 radical (unpaired) electrons. The molecule has 2 atom stereocenters. The number of hydrogen-bond acceptors (Lipinski definition) is 3. The van der Waals surface area contributed by atoms with E-state index in [1.807, 2.05) is 13.8 Å². The summed E-state index contributed by atoms with van der Waals surface area (Å²) in [7, 11) is 0. The third kappa shape index (κ3) is 5.80. The van der Waals surface area contributed by atoms with E-state index in [9.17, 15) is 0 Å². The summed E-state index contributed by atoms with van der Waals surface area (Å²) in [6.45, 7) is 8.74. The van der Waals surface area contributed by atoms with Gasteiger partial charge in [-0.25, -0.2) is 0 Å². The van der Waals surface area contributed by atoms with Crippen molar-refractivity contribution in [1.82, 2.24) is 0 Å². The molecule has 0 rings (SSSR count). The number of rotatable bonds is 6. The second-order valence-electron chi connectivity index (χ2n) is 4.20. The summed E-state index contributed by atoms with van der Waals surface area (Å²) in [6.07, 6.45) is 1.26. The minimum atomic E-state index is -0.0328. The van der Waals surface area contributed by atoms with Crippen molar-refractivity contribution in [2.24, 2.45) is 22.7 Å². The summed E-state index contributed by atoms with van der Waals surface area (Å²) in [6, 6.07) is 0. The maximum Gasteiger partial charge on any atom is 0.144 e. The Kier molecular flexibility index (Phi) is 6.28. The van der Waals surface area contributed by atoms with E-state index in [4.69, 9.17) is 15.7 Å². The molecule has 4 nitrogen and oxygen atoms in total. The highest BCUT2D eigenvalue weighted by Gasteiger charge is 2.11. The van der Waals surface area contributed by atoms with Crippen molar-refractivity contribution in [2.75, 3.05) is 6.61 Å². The van der Waals surface area contributed by atoms with Gasteiger partial charge in [-0.15, -0.1) is 0 Å². The topological polar surface area (TPSA) is 67.8 Å². The van der Waals surface area contributed by atoms with E-state index in [1.54, 1.807) is 0 Å². The summed E-state index contributed by atoms with van der Waals surface area (Å²) >= 11 is 0. The average molecular weight is 202 g/mol. The summed E-state index contributed by atoms with van der Waals surface area (Å²) in [5.74, 6) is 0.820. The molecule has 0 spiro atoms. The van der Waals surface area contributed by atoms with Crippen molar-refractivity contribution >= 4 is 5.84 Å². The highest BCUT2D eigenvalue weighted by atomic mass is 16.5. The van der Waals surface area contributed by atoms with Crippen LogP contribution in [0.5, 0.6) is 0 Å². The molecular formula is C10H22N2O2. The molecule has 0 aromatic heterocycles. The summed E-state index contributed by atoms with van der Waals surface area (Å²) in [5.41, 5.74) is 5.42. The van der Waals surface area contributed by atoms with Crippen molar-refractivity contribution in [1.29, 1.82) is 0 Å². The molecule has 0 aliphatic rings. The van der Waals surface area contributed by atoms with Crippen molar-refractivity contribution in [3.63, 3.8) is 0 Å². The van der Waals surface area contributed by atoms with Crippen LogP contribution in [0.3, 0.4) is 0 Å². The van der Waals surface area contributed by atoms with Crippen LogP contribution in [-0.2, 0) is 4.74 Å². The van der Waals surface area contributed by atoms with Gasteiger partial charge in [0.2, 0.25) is 0 Å². The van der Waals surface area contributed by atoms with Gasteiger partial charge in [-0.2, -0.15) is 0 Å². The van der Waals surface area contributed by atoms with Crippen LogP contribution in [0, 0.1) is 11.8 Å². The molecule has 0 aromatic carbocycles. The maximum absolute atomic E-state index is 8.42. The van der Waals surface area contributed by atoms with Gasteiger partial charge in [0.15, 0.2) is 0 Å². The Morgan fingerprint density at radius 3 is 2.36 bits per heavy atom. The lowest BCUT2D eigenvalue weighted by molar-refractivity contribution is 0.0422. The molecule has 0 saturated carbocycles. The molecule has 0 fully saturated rings. The van der Waals surface area contributed by atoms with Gasteiger partial charge in [-0.1, -0.05) is 25.9 Å². The number of amidine groups is 1. The standard InChI is InChI=1S/C10H22N2O2/c1-7(2)5-9(4)14-6-8(3)10(11)12-13/h7-9,13H,5-6H2,1-4H3,(H2,11,12). The van der Waals surface area contributed by atoms with E-state index in [0.29, 0.717) is 12.5 Å². The Morgan fingerprint density at radius 1 is 1.36 bits per heavy atom. The molecule has 84 valence electrons. The van der Waals surface area contributed by atoms with Crippen LogP contribution < -0.4 is 5.73 Å². The fourth-order valence-corrected chi connectivity index (χ4v) is 1.22. The van der Waals surface area contributed by atoms with Gasteiger partial charge in [0.25, 0.3) is 0 Å². The first-order chi connectivity index (χ1) is 6.47. The predicted octanol–water partition coefficient (Wildman–Crippen LogP) is 1.82. The third-order valence-corrected chi connectivity index (χ3v) is 2.05. The minimum absolute atomic E-state index is 0.0328. The molecule has 4 heteroatoms. The lowest BCUT2D eigenvalue weighted by Crippen LogP contribution is -2.27. The zero-order valence-electron chi connectivity index (χ0n) is 9.53. The van der Waals surface area contributed by atoms with Gasteiger partial charge in [0, 0.05) is 5.92 Å². The minimum Gasteiger partial charge on any atom is -0.409 e. The predicted molar refractivity (Wildman–Crippen MR) is 57.4 cm³/mol. The summed E-state index contributed by atoms with van der Waals surface area (Å²) in [4.78, 5) is 0. The summed E-state index contributed by atoms with van der Waals surface area (Å²) < 4.78 is 5.57. The first-order valence-electron chi connectivity index (χ1n) is 5.06. The SMILES string of the molecule is CC(C)CC(C)OCC(C)/C(N)=N/O. The quantitative estimate of drug-likeness (QED) is 0.299. The van der Waals surface area contributed by atoms with Gasteiger partial charge in [0.05, 0.1) is 12.7 Å². The zero-order chi connectivity index (χ0) is 11.1. The molecule has 0 amide bonds. The van der Waals surface area contributed by atoms with E-state index < -0.39 is 0 Å². The molecular weight excluding hydrogens is 180 g/mol. The van der Waals surface area contributed by atoms with Crippen molar-refractivity contribution in [3.05, 3.63) is 0 Å². The Labute approximate surface area is 86.1 Å². The summed E-state index contributed by atoms with van der Waals surface area (Å²) in [5, 5.41) is 11.4. The monoisotopic (exact) mass is 202 g/mol. The molecule has 3 N–H and O–H groups in total. The van der Waals surface area contributed by atoms with E-state index in [2.05, 4.69) is 19.0 Å². The van der Waals surface area contributed by atoms with Crippen LogP contribution in [0.2, 0.25) is 0 Å². The third-order valence-electron chi connectivity index (χ3n) is 2.05. The first kappa shape index (κ1) is 13.2. The molecule has 14 heavy (non-hydrogen) atoms. The van der Waals surface area contributed by atoms with Crippen molar-refractivity contribution in [3.8, 4) is 0 Å². The average Bonchev–Trinajstić information content (AvgIpc) is 2.11. The molecule has 0 aromatic rings. The Balaban J connectivity index is 3.71. The fourth-order valence-electron chi connectivity index (χ4n) is 1.22. The molecule has 2 unspecified atom stereocenters. The number of oxime groups is 1. The molecule has 0 aliphatic heterocycles. The zero-order valence-corrected chi connectivity index (χ0v) is 9.53. The Morgan fingerprint density at radius 2 is 1.93 bits per heavy atom. The molecule has 0 bridgehead atoms. The van der Waals surface area contributed by atoms with E-state index in [0.717, 1.165) is 6.42 Å². The van der Waals surface area contributed by atoms with Crippen LogP contribution in [0.1, 0.15) is 34.1 Å². The molecule has 0 heterocycles. The molecule has 0 saturated heterocycles. The van der Waals surface area contributed by atoms with Gasteiger partial charge >= 0.3 is 0 Å². The first-order valence-corrected chi connectivity index (χ1v) is 5.06. The van der Waals surface area contributed by atoms with Crippen LogP contribution in [0.4, 0.5) is 0 Å². The smallest absolute Gasteiger partial charge is 0.144 e. The second kappa shape index (κ2) is 6.65. The lowest BCUT2D eigenvalue weighted by Gasteiger charge is -2.17. The van der Waals surface area contributed by atoms with Gasteiger partial charge in [-0.3, -0.25) is 0 Å². The van der Waals surface area contributed by atoms with Crippen LogP contribution in [0.25, 0.3) is 0 Å². The van der Waals surface area contributed by atoms with Crippen LogP contribution in [0.15, 0.2) is 5.16 Å². The molecule has 0 aliphatic carbocycles. The van der Waals surface area contributed by atoms with Gasteiger partial charge < -0.3 is 15.7 Å². The fraction of sp³-hybridized carbons (Fsp3) is 0.900.